The van der Waals surface area contributed by atoms with Crippen LogP contribution in [0.5, 0.6) is 5.75 Å². The number of nitrogens with zero attached hydrogens (tertiary/aromatic N) is 2. The number of rotatable bonds is 7. The number of carbonyl (C=O) groups excluding carboxylic acids is 1. The summed E-state index contributed by atoms with van der Waals surface area (Å²) in [6.45, 7) is 0.0678. The van der Waals surface area contributed by atoms with E-state index in [1.54, 1.807) is 12.1 Å². The number of ether oxygens (including phenoxy) is 1. The van der Waals surface area contributed by atoms with Gasteiger partial charge in [-0.05, 0) is 23.3 Å². The van der Waals surface area contributed by atoms with E-state index >= 15 is 0 Å². The predicted molar refractivity (Wildman–Crippen MR) is 105 cm³/mol. The molecule has 0 saturated carbocycles. The third-order valence-corrected chi connectivity index (χ3v) is 5.16. The number of hydrogen-bond acceptors (Lipinski definition) is 5. The summed E-state index contributed by atoms with van der Waals surface area (Å²) in [6, 6.07) is 17.6. The summed E-state index contributed by atoms with van der Waals surface area (Å²) in [5.74, 6) is 1.59. The van der Waals surface area contributed by atoms with Crippen molar-refractivity contribution >= 4 is 23.4 Å². The normalized spacial score (nSPS) is 16.5. The molecule has 1 atom stereocenters. The third-order valence-electron chi connectivity index (χ3n) is 4.23. The van der Waals surface area contributed by atoms with Crippen molar-refractivity contribution in [3.05, 3.63) is 65.7 Å². The second-order valence-corrected chi connectivity index (χ2v) is 7.03. The fourth-order valence-corrected chi connectivity index (χ4v) is 3.50. The summed E-state index contributed by atoms with van der Waals surface area (Å²) in [4.78, 5) is 12.7. The van der Waals surface area contributed by atoms with Crippen LogP contribution in [0.15, 0.2) is 59.7 Å². The Labute approximate surface area is 157 Å². The van der Waals surface area contributed by atoms with Crippen LogP contribution in [0.25, 0.3) is 0 Å². The Morgan fingerprint density at radius 2 is 1.96 bits per heavy atom. The summed E-state index contributed by atoms with van der Waals surface area (Å²) in [5, 5.41) is 15.2. The van der Waals surface area contributed by atoms with Crippen LogP contribution in [0.3, 0.4) is 0 Å². The topological polar surface area (TPSA) is 62.1 Å². The minimum absolute atomic E-state index is 0.0461. The van der Waals surface area contributed by atoms with Crippen LogP contribution in [-0.2, 0) is 4.79 Å². The lowest BCUT2D eigenvalue weighted by Crippen LogP contribution is -2.28. The van der Waals surface area contributed by atoms with Gasteiger partial charge in [-0.15, -0.1) is 11.8 Å². The molecule has 0 aromatic heterocycles. The molecule has 0 radical (unpaired) electrons. The van der Waals surface area contributed by atoms with E-state index in [1.807, 2.05) is 54.6 Å². The van der Waals surface area contributed by atoms with E-state index in [0.717, 1.165) is 22.6 Å². The first-order chi connectivity index (χ1) is 12.7. The fraction of sp³-hybridized carbons (Fsp3) is 0.300. The number of methoxy groups -OCH3 is 1. The zero-order chi connectivity index (χ0) is 18.4. The van der Waals surface area contributed by atoms with Crippen molar-refractivity contribution < 1.29 is 14.6 Å². The Morgan fingerprint density at radius 1 is 1.23 bits per heavy atom. The summed E-state index contributed by atoms with van der Waals surface area (Å²) in [5.41, 5.74) is 2.97. The molecule has 26 heavy (non-hydrogen) atoms. The molecule has 1 heterocycles. The largest absolute Gasteiger partial charge is 0.497 e. The van der Waals surface area contributed by atoms with E-state index < -0.39 is 0 Å². The highest BCUT2D eigenvalue weighted by molar-refractivity contribution is 7.99. The number of benzene rings is 2. The molecule has 1 aliphatic rings. The van der Waals surface area contributed by atoms with Crippen LogP contribution in [-0.4, -0.2) is 47.0 Å². The number of thioether (sulfide) groups is 1. The highest BCUT2D eigenvalue weighted by Crippen LogP contribution is 2.34. The number of aliphatic hydroxyl groups excluding tert-OH is 1. The molecule has 0 bridgehead atoms. The molecular formula is C20H22N2O3S. The molecule has 2 aromatic carbocycles. The Hall–Kier alpha value is -2.31. The van der Waals surface area contributed by atoms with Crippen molar-refractivity contribution in [3.8, 4) is 5.75 Å². The minimum atomic E-state index is -0.127. The molecule has 2 aromatic rings. The van der Waals surface area contributed by atoms with Crippen LogP contribution in [0.1, 0.15) is 23.6 Å². The molecular weight excluding hydrogens is 348 g/mol. The van der Waals surface area contributed by atoms with Crippen LogP contribution in [0, 0.1) is 0 Å². The fourth-order valence-electron chi connectivity index (χ4n) is 2.92. The molecule has 1 N–H and O–H groups in total. The lowest BCUT2D eigenvalue weighted by molar-refractivity contribution is -0.130. The summed E-state index contributed by atoms with van der Waals surface area (Å²) >= 11 is 1.42. The average Bonchev–Trinajstić information content (AvgIpc) is 3.14. The minimum Gasteiger partial charge on any atom is -0.497 e. The number of hydrazone groups is 1. The van der Waals surface area contributed by atoms with Crippen LogP contribution >= 0.6 is 11.8 Å². The zero-order valence-corrected chi connectivity index (χ0v) is 15.5. The molecule has 0 saturated heterocycles. The molecule has 0 fully saturated rings. The Kier molecular flexibility index (Phi) is 6.30. The van der Waals surface area contributed by atoms with Gasteiger partial charge in [-0.25, -0.2) is 5.01 Å². The summed E-state index contributed by atoms with van der Waals surface area (Å²) in [6.07, 6.45) is 0.673. The molecule has 5 nitrogen and oxygen atoms in total. The van der Waals surface area contributed by atoms with E-state index in [4.69, 9.17) is 9.84 Å². The van der Waals surface area contributed by atoms with E-state index in [9.17, 15) is 4.79 Å². The van der Waals surface area contributed by atoms with Crippen molar-refractivity contribution in [2.75, 3.05) is 25.2 Å². The SMILES string of the molecule is COc1ccc([C@@H]2CC(c3ccccc3)=NN2C(=O)CSCCO)cc1. The van der Waals surface area contributed by atoms with Crippen LogP contribution < -0.4 is 4.74 Å². The van der Waals surface area contributed by atoms with E-state index in [0.29, 0.717) is 17.9 Å². The highest BCUT2D eigenvalue weighted by atomic mass is 32.2. The van der Waals surface area contributed by atoms with Gasteiger partial charge < -0.3 is 9.84 Å². The maximum Gasteiger partial charge on any atom is 0.253 e. The zero-order valence-electron chi connectivity index (χ0n) is 14.7. The standard InChI is InChI=1S/C20H22N2O3S/c1-25-17-9-7-16(8-10-17)19-13-18(15-5-3-2-4-6-15)21-22(19)20(24)14-26-12-11-23/h2-10,19,23H,11-14H2,1H3/t19-/m0/s1. The van der Waals surface area contributed by atoms with E-state index in [2.05, 4.69) is 5.10 Å². The first-order valence-corrected chi connectivity index (χ1v) is 9.66. The monoisotopic (exact) mass is 370 g/mol. The van der Waals surface area contributed by atoms with Gasteiger partial charge in [0.1, 0.15) is 5.75 Å². The van der Waals surface area contributed by atoms with Crippen LogP contribution in [0.2, 0.25) is 0 Å². The van der Waals surface area contributed by atoms with Gasteiger partial charge >= 0.3 is 0 Å². The van der Waals surface area contributed by atoms with Gasteiger partial charge in [-0.2, -0.15) is 5.10 Å². The molecule has 136 valence electrons. The smallest absolute Gasteiger partial charge is 0.253 e. The molecule has 1 amide bonds. The lowest BCUT2D eigenvalue weighted by atomic mass is 9.98. The number of carbonyl (C=O) groups is 1. The first-order valence-electron chi connectivity index (χ1n) is 8.50. The lowest BCUT2D eigenvalue weighted by Gasteiger charge is -2.22. The van der Waals surface area contributed by atoms with Gasteiger partial charge in [0, 0.05) is 12.2 Å². The second kappa shape index (κ2) is 8.87. The number of aliphatic hydroxyl groups is 1. The molecule has 0 aliphatic carbocycles. The third kappa shape index (κ3) is 4.26. The Bertz CT molecular complexity index is 762. The highest BCUT2D eigenvalue weighted by Gasteiger charge is 2.32. The van der Waals surface area contributed by atoms with Crippen molar-refractivity contribution in [1.82, 2.24) is 5.01 Å². The van der Waals surface area contributed by atoms with Crippen molar-refractivity contribution in [1.29, 1.82) is 0 Å². The van der Waals surface area contributed by atoms with Crippen LogP contribution in [0.4, 0.5) is 0 Å². The quantitative estimate of drug-likeness (QED) is 0.761. The van der Waals surface area contributed by atoms with E-state index in [-0.39, 0.29) is 18.6 Å². The van der Waals surface area contributed by atoms with Gasteiger partial charge in [-0.3, -0.25) is 4.79 Å². The van der Waals surface area contributed by atoms with Crippen molar-refractivity contribution in [2.24, 2.45) is 5.10 Å². The Morgan fingerprint density at radius 3 is 2.62 bits per heavy atom. The van der Waals surface area contributed by atoms with Gasteiger partial charge in [0.2, 0.25) is 0 Å². The summed E-state index contributed by atoms with van der Waals surface area (Å²) < 4.78 is 5.23. The van der Waals surface area contributed by atoms with Gasteiger partial charge in [-0.1, -0.05) is 42.5 Å². The maximum atomic E-state index is 12.7. The average molecular weight is 370 g/mol. The maximum absolute atomic E-state index is 12.7. The predicted octanol–water partition coefficient (Wildman–Crippen LogP) is 3.10. The molecule has 6 heteroatoms. The van der Waals surface area contributed by atoms with Crippen molar-refractivity contribution in [3.63, 3.8) is 0 Å². The molecule has 3 rings (SSSR count). The first kappa shape index (κ1) is 18.5. The second-order valence-electron chi connectivity index (χ2n) is 5.92. The van der Waals surface area contributed by atoms with Gasteiger partial charge in [0.05, 0.1) is 31.2 Å². The van der Waals surface area contributed by atoms with Gasteiger partial charge in [0.15, 0.2) is 0 Å². The molecule has 0 unspecified atom stereocenters. The molecule has 1 aliphatic heterocycles. The number of hydrogen-bond donors (Lipinski definition) is 1. The van der Waals surface area contributed by atoms with Crippen molar-refractivity contribution in [2.45, 2.75) is 12.5 Å². The number of amides is 1. The Balaban J connectivity index is 1.85. The van der Waals surface area contributed by atoms with Gasteiger partial charge in [0.25, 0.3) is 5.91 Å². The van der Waals surface area contributed by atoms with E-state index in [1.165, 1.54) is 11.8 Å². The molecule has 0 spiro atoms. The summed E-state index contributed by atoms with van der Waals surface area (Å²) in [7, 11) is 1.63.